The second-order valence-corrected chi connectivity index (χ2v) is 7.21. The average Bonchev–Trinajstić information content (AvgIpc) is 2.90. The Balaban J connectivity index is 1.91. The van der Waals surface area contributed by atoms with Gasteiger partial charge in [0.25, 0.3) is 0 Å². The molecule has 0 aliphatic carbocycles. The Morgan fingerprint density at radius 1 is 0.914 bits per heavy atom. The summed E-state index contributed by atoms with van der Waals surface area (Å²) in [5.41, 5.74) is 2.16. The predicted molar refractivity (Wildman–Crippen MR) is 132 cm³/mol. The fourth-order valence-electron chi connectivity index (χ4n) is 3.53. The number of pyridine rings is 1. The Hall–Kier alpha value is -4.24. The summed E-state index contributed by atoms with van der Waals surface area (Å²) in [5.74, 6) is 2.39. The average molecular weight is 481 g/mol. The van der Waals surface area contributed by atoms with Gasteiger partial charge in [-0.2, -0.15) is 0 Å². The van der Waals surface area contributed by atoms with Gasteiger partial charge in [-0.15, -0.1) is 0 Å². The van der Waals surface area contributed by atoms with Gasteiger partial charge in [-0.3, -0.25) is 4.79 Å². The number of ketones is 1. The lowest BCUT2D eigenvalue weighted by Crippen LogP contribution is -2.05. The van der Waals surface area contributed by atoms with Crippen LogP contribution in [0.1, 0.15) is 21.5 Å². The number of anilines is 2. The molecule has 0 aliphatic heterocycles. The first-order valence-electron chi connectivity index (χ1n) is 10.6. The Kier molecular flexibility index (Phi) is 8.53. The van der Waals surface area contributed by atoms with Crippen molar-refractivity contribution in [3.63, 3.8) is 0 Å². The van der Waals surface area contributed by atoms with Gasteiger partial charge in [0, 0.05) is 23.5 Å². The van der Waals surface area contributed by atoms with E-state index in [9.17, 15) is 9.90 Å². The zero-order valence-electron chi connectivity index (χ0n) is 20.2. The summed E-state index contributed by atoms with van der Waals surface area (Å²) in [6.45, 7) is -0.249. The van der Waals surface area contributed by atoms with E-state index in [4.69, 9.17) is 23.7 Å². The molecule has 0 aliphatic rings. The number of carbonyl (C=O) groups is 1. The molecule has 0 saturated carbocycles. The molecule has 184 valence electrons. The van der Waals surface area contributed by atoms with Crippen molar-refractivity contribution in [2.45, 2.75) is 6.61 Å². The number of methoxy groups -OCH3 is 5. The maximum atomic E-state index is 13.1. The number of hydrogen-bond donors (Lipinski definition) is 2. The number of aliphatic hydroxyl groups excluding tert-OH is 1. The topological polar surface area (TPSA) is 108 Å². The van der Waals surface area contributed by atoms with Gasteiger partial charge < -0.3 is 34.1 Å². The molecule has 0 bridgehead atoms. The number of aliphatic hydroxyl groups is 1. The fraction of sp³-hybridized carbons (Fsp3) is 0.231. The predicted octanol–water partition coefficient (Wildman–Crippen LogP) is 4.26. The maximum Gasteiger partial charge on any atom is 0.203 e. The van der Waals surface area contributed by atoms with E-state index in [0.29, 0.717) is 56.9 Å². The summed E-state index contributed by atoms with van der Waals surface area (Å²) < 4.78 is 26.8. The highest BCUT2D eigenvalue weighted by atomic mass is 16.5. The third kappa shape index (κ3) is 5.64. The van der Waals surface area contributed by atoms with Gasteiger partial charge in [0.05, 0.1) is 47.7 Å². The van der Waals surface area contributed by atoms with Crippen molar-refractivity contribution in [3.8, 4) is 28.7 Å². The van der Waals surface area contributed by atoms with Gasteiger partial charge in [-0.1, -0.05) is 6.08 Å². The van der Waals surface area contributed by atoms with Gasteiger partial charge in [0.15, 0.2) is 28.8 Å². The molecular formula is C26H28N2O7. The molecule has 0 amide bonds. The van der Waals surface area contributed by atoms with Gasteiger partial charge >= 0.3 is 0 Å². The molecule has 0 saturated heterocycles. The summed E-state index contributed by atoms with van der Waals surface area (Å²) in [6, 6.07) is 10.2. The minimum Gasteiger partial charge on any atom is -0.493 e. The number of nitrogens with zero attached hydrogens (tertiary/aromatic N) is 1. The van der Waals surface area contributed by atoms with E-state index >= 15 is 0 Å². The van der Waals surface area contributed by atoms with Crippen LogP contribution in [0.5, 0.6) is 28.7 Å². The molecule has 0 fully saturated rings. The van der Waals surface area contributed by atoms with E-state index in [0.717, 1.165) is 0 Å². The molecule has 0 atom stereocenters. The summed E-state index contributed by atoms with van der Waals surface area (Å²) in [6.07, 6.45) is 4.68. The van der Waals surface area contributed by atoms with Crippen molar-refractivity contribution in [3.05, 3.63) is 65.4 Å². The molecule has 1 heterocycles. The van der Waals surface area contributed by atoms with E-state index in [1.54, 1.807) is 48.7 Å². The minimum atomic E-state index is -0.266. The molecule has 0 unspecified atom stereocenters. The Morgan fingerprint density at radius 3 is 2.11 bits per heavy atom. The van der Waals surface area contributed by atoms with Crippen LogP contribution in [0.25, 0.3) is 6.08 Å². The molecule has 9 nitrogen and oxygen atoms in total. The van der Waals surface area contributed by atoms with Crippen LogP contribution in [0.2, 0.25) is 0 Å². The summed E-state index contributed by atoms with van der Waals surface area (Å²) in [5, 5.41) is 12.9. The molecule has 9 heteroatoms. The number of ether oxygens (including phenoxy) is 5. The van der Waals surface area contributed by atoms with Crippen LogP contribution in [-0.4, -0.2) is 51.4 Å². The first kappa shape index (κ1) is 25.4. The zero-order chi connectivity index (χ0) is 25.4. The van der Waals surface area contributed by atoms with Crippen LogP contribution >= 0.6 is 0 Å². The maximum absolute atomic E-state index is 13.1. The van der Waals surface area contributed by atoms with Crippen molar-refractivity contribution in [1.82, 2.24) is 4.98 Å². The SMILES string of the molecule is COc1cc(Nc2ncccc2C(=O)/C=C/c2cc(OC)c(OC)c(OC)c2)cc(CO)c1OC. The molecule has 3 rings (SSSR count). The molecule has 2 N–H and O–H groups in total. The largest absolute Gasteiger partial charge is 0.493 e. The van der Waals surface area contributed by atoms with Crippen LogP contribution in [0, 0.1) is 0 Å². The smallest absolute Gasteiger partial charge is 0.203 e. The number of rotatable bonds is 11. The molecule has 1 aromatic heterocycles. The first-order valence-corrected chi connectivity index (χ1v) is 10.6. The number of benzene rings is 2. The third-order valence-electron chi connectivity index (χ3n) is 5.18. The van der Waals surface area contributed by atoms with E-state index < -0.39 is 0 Å². The lowest BCUT2D eigenvalue weighted by molar-refractivity contribution is 0.104. The van der Waals surface area contributed by atoms with Crippen molar-refractivity contribution in [1.29, 1.82) is 0 Å². The number of allylic oxidation sites excluding steroid dienone is 1. The molecule has 2 aromatic carbocycles. The van der Waals surface area contributed by atoms with Crippen LogP contribution in [0.3, 0.4) is 0 Å². The molecule has 35 heavy (non-hydrogen) atoms. The standard InChI is InChI=1S/C26H28N2O7/c1-31-21-11-16(12-22(32-2)25(21)35-5)8-9-20(30)19-7-6-10-27-26(19)28-18-13-17(15-29)24(34-4)23(14-18)33-3/h6-14,29H,15H2,1-5H3,(H,27,28)/b9-8+. The van der Waals surface area contributed by atoms with Gasteiger partial charge in [0.2, 0.25) is 5.75 Å². The second-order valence-electron chi connectivity index (χ2n) is 7.21. The number of hydrogen-bond acceptors (Lipinski definition) is 9. The summed E-state index contributed by atoms with van der Waals surface area (Å²) in [4.78, 5) is 17.4. The third-order valence-corrected chi connectivity index (χ3v) is 5.18. The van der Waals surface area contributed by atoms with E-state index in [1.165, 1.54) is 41.6 Å². The van der Waals surface area contributed by atoms with Crippen LogP contribution < -0.4 is 29.0 Å². The Bertz CT molecular complexity index is 1170. The Morgan fingerprint density at radius 2 is 1.54 bits per heavy atom. The van der Waals surface area contributed by atoms with E-state index in [-0.39, 0.29) is 12.4 Å². The van der Waals surface area contributed by atoms with Crippen molar-refractivity contribution in [2.75, 3.05) is 40.9 Å². The molecule has 0 radical (unpaired) electrons. The van der Waals surface area contributed by atoms with Crippen LogP contribution in [0.4, 0.5) is 11.5 Å². The second kappa shape index (κ2) is 11.8. The molecule has 3 aromatic rings. The quantitative estimate of drug-likeness (QED) is 0.307. The normalized spacial score (nSPS) is 10.7. The minimum absolute atomic E-state index is 0.249. The van der Waals surface area contributed by atoms with E-state index in [2.05, 4.69) is 10.3 Å². The van der Waals surface area contributed by atoms with Crippen molar-refractivity contribution < 1.29 is 33.6 Å². The summed E-state index contributed by atoms with van der Waals surface area (Å²) >= 11 is 0. The number of carbonyl (C=O) groups excluding carboxylic acids is 1. The van der Waals surface area contributed by atoms with Gasteiger partial charge in [0.1, 0.15) is 5.82 Å². The molecular weight excluding hydrogens is 452 g/mol. The number of nitrogens with one attached hydrogen (secondary N) is 1. The lowest BCUT2D eigenvalue weighted by atomic mass is 10.1. The first-order chi connectivity index (χ1) is 17.0. The zero-order valence-corrected chi connectivity index (χ0v) is 20.2. The van der Waals surface area contributed by atoms with Gasteiger partial charge in [-0.05, 0) is 42.0 Å². The van der Waals surface area contributed by atoms with E-state index in [1.807, 2.05) is 0 Å². The highest BCUT2D eigenvalue weighted by Gasteiger charge is 2.16. The monoisotopic (exact) mass is 480 g/mol. The number of aromatic nitrogens is 1. The van der Waals surface area contributed by atoms with Gasteiger partial charge in [-0.25, -0.2) is 4.98 Å². The van der Waals surface area contributed by atoms with Crippen molar-refractivity contribution >= 4 is 23.4 Å². The molecule has 0 spiro atoms. The van der Waals surface area contributed by atoms with Crippen molar-refractivity contribution in [2.24, 2.45) is 0 Å². The lowest BCUT2D eigenvalue weighted by Gasteiger charge is -2.15. The fourth-order valence-corrected chi connectivity index (χ4v) is 3.53. The van der Waals surface area contributed by atoms with Crippen LogP contribution in [-0.2, 0) is 6.61 Å². The Labute approximate surface area is 203 Å². The highest BCUT2D eigenvalue weighted by molar-refractivity contribution is 6.10. The summed E-state index contributed by atoms with van der Waals surface area (Å²) in [7, 11) is 7.59. The highest BCUT2D eigenvalue weighted by Crippen LogP contribution is 2.39. The van der Waals surface area contributed by atoms with Crippen LogP contribution in [0.15, 0.2) is 48.7 Å².